The summed E-state index contributed by atoms with van der Waals surface area (Å²) in [4.78, 5) is 41.6. The second-order valence-corrected chi connectivity index (χ2v) is 7.39. The van der Waals surface area contributed by atoms with Crippen LogP contribution in [0.3, 0.4) is 0 Å². The molecule has 2 heterocycles. The third kappa shape index (κ3) is 5.05. The summed E-state index contributed by atoms with van der Waals surface area (Å²) in [6, 6.07) is 5.15. The molecule has 0 radical (unpaired) electrons. The number of halogens is 1. The number of ether oxygens (including phenoxy) is 1. The Bertz CT molecular complexity index is 883. The van der Waals surface area contributed by atoms with Crippen LogP contribution in [0.4, 0.5) is 10.8 Å². The number of carbonyl (C=O) groups is 3. The van der Waals surface area contributed by atoms with E-state index >= 15 is 0 Å². The van der Waals surface area contributed by atoms with Gasteiger partial charge in [0.05, 0.1) is 12.1 Å². The highest BCUT2D eigenvalue weighted by atomic mass is 35.5. The fourth-order valence-corrected chi connectivity index (χ4v) is 3.65. The molecule has 1 aliphatic rings. The second kappa shape index (κ2) is 8.49. The van der Waals surface area contributed by atoms with Crippen LogP contribution in [0, 0.1) is 6.92 Å². The Morgan fingerprint density at radius 3 is 2.96 bits per heavy atom. The van der Waals surface area contributed by atoms with Gasteiger partial charge >= 0.3 is 5.97 Å². The second-order valence-electron chi connectivity index (χ2n) is 6.12. The summed E-state index contributed by atoms with van der Waals surface area (Å²) in [5.74, 6) is -0.959. The SMILES string of the molecule is Cc1ccc(Cl)cc1NC(=O)COC(=O)Cc1csc(N2CCCC2=O)n1. The van der Waals surface area contributed by atoms with Crippen molar-refractivity contribution in [2.45, 2.75) is 26.2 Å². The molecule has 1 aliphatic heterocycles. The van der Waals surface area contributed by atoms with Gasteiger partial charge in [-0.25, -0.2) is 4.98 Å². The highest BCUT2D eigenvalue weighted by molar-refractivity contribution is 7.14. The molecule has 2 amide bonds. The van der Waals surface area contributed by atoms with Crippen LogP contribution in [0.1, 0.15) is 24.1 Å². The number of esters is 1. The van der Waals surface area contributed by atoms with Gasteiger partial charge in [-0.15, -0.1) is 11.3 Å². The van der Waals surface area contributed by atoms with Gasteiger partial charge in [-0.2, -0.15) is 0 Å². The van der Waals surface area contributed by atoms with E-state index in [9.17, 15) is 14.4 Å². The van der Waals surface area contributed by atoms with Crippen molar-refractivity contribution in [1.82, 2.24) is 4.98 Å². The van der Waals surface area contributed by atoms with E-state index in [2.05, 4.69) is 10.3 Å². The van der Waals surface area contributed by atoms with E-state index in [-0.39, 0.29) is 12.3 Å². The van der Waals surface area contributed by atoms with E-state index in [0.717, 1.165) is 12.0 Å². The predicted molar refractivity (Wildman–Crippen MR) is 103 cm³/mol. The minimum absolute atomic E-state index is 0.0476. The van der Waals surface area contributed by atoms with Crippen LogP contribution in [-0.4, -0.2) is 35.9 Å². The van der Waals surface area contributed by atoms with E-state index in [1.54, 1.807) is 28.5 Å². The first-order valence-corrected chi connectivity index (χ1v) is 9.64. The number of aromatic nitrogens is 1. The molecule has 1 saturated heterocycles. The molecule has 1 fully saturated rings. The Hall–Kier alpha value is -2.45. The lowest BCUT2D eigenvalue weighted by Gasteiger charge is -2.10. The summed E-state index contributed by atoms with van der Waals surface area (Å²) < 4.78 is 5.01. The topological polar surface area (TPSA) is 88.6 Å². The van der Waals surface area contributed by atoms with Gasteiger partial charge in [0, 0.05) is 29.1 Å². The Balaban J connectivity index is 1.48. The Labute approximate surface area is 165 Å². The average Bonchev–Trinajstić information content (AvgIpc) is 3.25. The Kier molecular flexibility index (Phi) is 6.08. The standard InChI is InChI=1S/C18H18ClN3O4S/c1-11-4-5-12(19)7-14(11)21-15(23)9-26-17(25)8-13-10-27-18(20-13)22-6-2-3-16(22)24/h4-5,7,10H,2-3,6,8-9H2,1H3,(H,21,23). The van der Waals surface area contributed by atoms with Crippen molar-refractivity contribution in [3.05, 3.63) is 39.9 Å². The predicted octanol–water partition coefficient (Wildman–Crippen LogP) is 2.96. The molecule has 7 nitrogen and oxygen atoms in total. The van der Waals surface area contributed by atoms with Gasteiger partial charge in [0.15, 0.2) is 11.7 Å². The number of amides is 2. The molecule has 9 heteroatoms. The molecular formula is C18H18ClN3O4S. The molecule has 1 N–H and O–H groups in total. The van der Waals surface area contributed by atoms with E-state index in [0.29, 0.717) is 34.5 Å². The minimum atomic E-state index is -0.558. The first-order valence-electron chi connectivity index (χ1n) is 8.39. The maximum absolute atomic E-state index is 12.0. The molecule has 0 unspecified atom stereocenters. The fourth-order valence-electron chi connectivity index (χ4n) is 2.61. The molecule has 2 aromatic rings. The highest BCUT2D eigenvalue weighted by Crippen LogP contribution is 2.25. The van der Waals surface area contributed by atoms with E-state index in [1.807, 2.05) is 6.92 Å². The molecule has 0 saturated carbocycles. The number of aryl methyl sites for hydroxylation is 1. The van der Waals surface area contributed by atoms with Crippen LogP contribution in [0.15, 0.2) is 23.6 Å². The average molecular weight is 408 g/mol. The molecule has 0 spiro atoms. The lowest BCUT2D eigenvalue weighted by atomic mass is 10.2. The van der Waals surface area contributed by atoms with Crippen LogP contribution < -0.4 is 10.2 Å². The van der Waals surface area contributed by atoms with Crippen molar-refractivity contribution in [2.75, 3.05) is 23.4 Å². The largest absolute Gasteiger partial charge is 0.455 e. The van der Waals surface area contributed by atoms with Crippen molar-refractivity contribution >= 4 is 51.5 Å². The fraction of sp³-hybridized carbons (Fsp3) is 0.333. The van der Waals surface area contributed by atoms with Crippen LogP contribution in [-0.2, 0) is 25.5 Å². The third-order valence-electron chi connectivity index (χ3n) is 4.01. The van der Waals surface area contributed by atoms with Crippen molar-refractivity contribution in [3.8, 4) is 0 Å². The molecule has 27 heavy (non-hydrogen) atoms. The number of nitrogens with zero attached hydrogens (tertiary/aromatic N) is 2. The molecule has 1 aromatic carbocycles. The molecule has 0 aliphatic carbocycles. The number of carbonyl (C=O) groups excluding carboxylic acids is 3. The van der Waals surface area contributed by atoms with E-state index in [1.165, 1.54) is 11.3 Å². The number of anilines is 2. The summed E-state index contributed by atoms with van der Waals surface area (Å²) in [5.41, 5.74) is 1.94. The van der Waals surface area contributed by atoms with Gasteiger partial charge in [-0.1, -0.05) is 17.7 Å². The summed E-state index contributed by atoms with van der Waals surface area (Å²) in [6.45, 7) is 2.09. The van der Waals surface area contributed by atoms with Crippen LogP contribution in [0.25, 0.3) is 0 Å². The number of hydrogen-bond acceptors (Lipinski definition) is 6. The van der Waals surface area contributed by atoms with Crippen molar-refractivity contribution < 1.29 is 19.1 Å². The summed E-state index contributed by atoms with van der Waals surface area (Å²) >= 11 is 7.23. The van der Waals surface area contributed by atoms with Gasteiger partial charge in [0.25, 0.3) is 5.91 Å². The Morgan fingerprint density at radius 2 is 2.22 bits per heavy atom. The first-order chi connectivity index (χ1) is 12.9. The third-order valence-corrected chi connectivity index (χ3v) is 5.15. The number of nitrogens with one attached hydrogen (secondary N) is 1. The number of hydrogen-bond donors (Lipinski definition) is 1. The summed E-state index contributed by atoms with van der Waals surface area (Å²) in [5, 5.41) is 5.47. The molecular weight excluding hydrogens is 390 g/mol. The van der Waals surface area contributed by atoms with Gasteiger partial charge in [-0.05, 0) is 31.0 Å². The van der Waals surface area contributed by atoms with Gasteiger partial charge in [0.2, 0.25) is 5.91 Å². The first kappa shape index (κ1) is 19.3. The normalized spacial score (nSPS) is 13.7. The van der Waals surface area contributed by atoms with Crippen LogP contribution in [0.2, 0.25) is 5.02 Å². The number of benzene rings is 1. The zero-order valence-corrected chi connectivity index (χ0v) is 16.2. The lowest BCUT2D eigenvalue weighted by Crippen LogP contribution is -2.23. The summed E-state index contributed by atoms with van der Waals surface area (Å²) in [7, 11) is 0. The number of thiazole rings is 1. The van der Waals surface area contributed by atoms with Crippen molar-refractivity contribution in [3.63, 3.8) is 0 Å². The van der Waals surface area contributed by atoms with E-state index in [4.69, 9.17) is 16.3 Å². The van der Waals surface area contributed by atoms with Gasteiger partial charge < -0.3 is 10.1 Å². The Morgan fingerprint density at radius 1 is 1.41 bits per heavy atom. The maximum atomic E-state index is 12.0. The minimum Gasteiger partial charge on any atom is -0.455 e. The highest BCUT2D eigenvalue weighted by Gasteiger charge is 2.24. The van der Waals surface area contributed by atoms with Crippen LogP contribution in [0.5, 0.6) is 0 Å². The smallest absolute Gasteiger partial charge is 0.312 e. The quantitative estimate of drug-likeness (QED) is 0.743. The molecule has 0 bridgehead atoms. The summed E-state index contributed by atoms with van der Waals surface area (Å²) in [6.07, 6.45) is 1.29. The van der Waals surface area contributed by atoms with Gasteiger partial charge in [0.1, 0.15) is 0 Å². The zero-order valence-electron chi connectivity index (χ0n) is 14.7. The molecule has 0 atom stereocenters. The van der Waals surface area contributed by atoms with Crippen LogP contribution >= 0.6 is 22.9 Å². The van der Waals surface area contributed by atoms with E-state index < -0.39 is 18.5 Å². The van der Waals surface area contributed by atoms with Gasteiger partial charge in [-0.3, -0.25) is 19.3 Å². The molecule has 142 valence electrons. The number of rotatable bonds is 6. The monoisotopic (exact) mass is 407 g/mol. The molecule has 3 rings (SSSR count). The van der Waals surface area contributed by atoms with Crippen molar-refractivity contribution in [2.24, 2.45) is 0 Å². The van der Waals surface area contributed by atoms with Crippen molar-refractivity contribution in [1.29, 1.82) is 0 Å². The maximum Gasteiger partial charge on any atom is 0.312 e. The lowest BCUT2D eigenvalue weighted by molar-refractivity contribution is -0.146. The molecule has 1 aromatic heterocycles. The zero-order chi connectivity index (χ0) is 19.4.